The number of aliphatic hydroxyl groups is 2. The van der Waals surface area contributed by atoms with E-state index in [0.717, 1.165) is 44.9 Å². The van der Waals surface area contributed by atoms with Gasteiger partial charge in [0.2, 0.25) is 5.91 Å². The number of carbonyl (C=O) groups is 2. The van der Waals surface area contributed by atoms with E-state index >= 15 is 0 Å². The number of hydrogen-bond acceptors (Lipinski definition) is 5. The SMILES string of the molecule is CCCCCC/C=C\CCCCCCCC(=O)OCCCCCCCCCCCCCCCCCCCCCCCCCCCCC(=O)NC(CO)C(O)/C=C/CCCCCCCCCCCCCCCCC. The number of rotatable bonds is 62. The van der Waals surface area contributed by atoms with Gasteiger partial charge in [-0.25, -0.2) is 0 Å². The number of carbonyl (C=O) groups excluding carboxylic acids is 2. The zero-order valence-electron chi connectivity index (χ0n) is 49.4. The van der Waals surface area contributed by atoms with Crippen molar-refractivity contribution in [3.8, 4) is 0 Å². The van der Waals surface area contributed by atoms with Crippen molar-refractivity contribution in [2.45, 2.75) is 379 Å². The van der Waals surface area contributed by atoms with Crippen molar-refractivity contribution >= 4 is 11.9 Å². The van der Waals surface area contributed by atoms with Crippen LogP contribution < -0.4 is 5.32 Å². The fourth-order valence-electron chi connectivity index (χ4n) is 10.4. The van der Waals surface area contributed by atoms with Gasteiger partial charge >= 0.3 is 5.97 Å². The van der Waals surface area contributed by atoms with Crippen LogP contribution in [0.1, 0.15) is 367 Å². The molecule has 0 bridgehead atoms. The van der Waals surface area contributed by atoms with E-state index in [0.29, 0.717) is 19.4 Å². The Morgan fingerprint density at radius 3 is 0.986 bits per heavy atom. The fraction of sp³-hybridized carbons (Fsp3) is 0.910. The molecule has 0 rings (SSSR count). The van der Waals surface area contributed by atoms with Gasteiger partial charge < -0.3 is 20.3 Å². The molecule has 2 unspecified atom stereocenters. The van der Waals surface area contributed by atoms with Gasteiger partial charge in [0.1, 0.15) is 0 Å². The lowest BCUT2D eigenvalue weighted by Crippen LogP contribution is -2.45. The van der Waals surface area contributed by atoms with Crippen LogP contribution in [0.3, 0.4) is 0 Å². The van der Waals surface area contributed by atoms with E-state index in [2.05, 4.69) is 31.3 Å². The van der Waals surface area contributed by atoms with Crippen LogP contribution in [-0.4, -0.2) is 47.4 Å². The van der Waals surface area contributed by atoms with Crippen LogP contribution in [0.25, 0.3) is 0 Å². The molecular formula is C67H129NO5. The predicted octanol–water partition coefficient (Wildman–Crippen LogP) is 21.0. The first-order valence-corrected chi connectivity index (χ1v) is 33.1. The average molecular weight is 1030 g/mol. The minimum atomic E-state index is -0.843. The number of nitrogens with one attached hydrogen (secondary N) is 1. The van der Waals surface area contributed by atoms with Gasteiger partial charge in [-0.1, -0.05) is 321 Å². The van der Waals surface area contributed by atoms with Gasteiger partial charge in [-0.3, -0.25) is 9.59 Å². The Kier molecular flexibility index (Phi) is 61.4. The first kappa shape index (κ1) is 71.3. The smallest absolute Gasteiger partial charge is 0.305 e. The highest BCUT2D eigenvalue weighted by Gasteiger charge is 2.18. The molecular weight excluding hydrogens is 899 g/mol. The molecule has 0 aromatic heterocycles. The molecule has 0 fully saturated rings. The third-order valence-electron chi connectivity index (χ3n) is 15.5. The van der Waals surface area contributed by atoms with Crippen molar-refractivity contribution in [1.29, 1.82) is 0 Å². The van der Waals surface area contributed by atoms with Gasteiger partial charge in [-0.2, -0.15) is 0 Å². The van der Waals surface area contributed by atoms with Gasteiger partial charge in [0, 0.05) is 12.8 Å². The van der Waals surface area contributed by atoms with Crippen molar-refractivity contribution in [3.63, 3.8) is 0 Å². The van der Waals surface area contributed by atoms with Crippen LogP contribution >= 0.6 is 0 Å². The van der Waals surface area contributed by atoms with E-state index in [-0.39, 0.29) is 18.5 Å². The normalized spacial score (nSPS) is 12.7. The van der Waals surface area contributed by atoms with Gasteiger partial charge in [-0.05, 0) is 57.8 Å². The van der Waals surface area contributed by atoms with Crippen molar-refractivity contribution in [3.05, 3.63) is 24.3 Å². The van der Waals surface area contributed by atoms with E-state index < -0.39 is 12.1 Å². The molecule has 3 N–H and O–H groups in total. The summed E-state index contributed by atoms with van der Waals surface area (Å²) in [5, 5.41) is 23.2. The highest BCUT2D eigenvalue weighted by molar-refractivity contribution is 5.76. The van der Waals surface area contributed by atoms with E-state index in [9.17, 15) is 19.8 Å². The molecule has 2 atom stereocenters. The summed E-state index contributed by atoms with van der Waals surface area (Å²) < 4.78 is 5.48. The highest BCUT2D eigenvalue weighted by atomic mass is 16.5. The van der Waals surface area contributed by atoms with Crippen LogP contribution in [0, 0.1) is 0 Å². The molecule has 432 valence electrons. The minimum absolute atomic E-state index is 0.00801. The first-order chi connectivity index (χ1) is 36.0. The predicted molar refractivity (Wildman–Crippen MR) is 320 cm³/mol. The standard InChI is InChI=1S/C67H129NO5/c1-3-5-7-9-11-13-15-17-18-29-32-36-39-43-47-51-55-59-65(70)64(63-69)68-66(71)60-56-52-48-44-40-37-33-30-27-25-23-21-19-20-22-24-26-28-31-34-38-42-46-50-54-58-62-73-67(72)61-57-53-49-45-41-35-16-14-12-10-8-6-4-2/h14,16,55,59,64-65,69-70H,3-13,15,17-54,56-58,60-63H2,1-2H3,(H,68,71)/b16-14-,59-55+. The summed E-state index contributed by atoms with van der Waals surface area (Å²) in [7, 11) is 0. The molecule has 0 saturated heterocycles. The number of aliphatic hydroxyl groups excluding tert-OH is 2. The topological polar surface area (TPSA) is 95.9 Å². The second-order valence-electron chi connectivity index (χ2n) is 22.8. The van der Waals surface area contributed by atoms with E-state index in [4.69, 9.17) is 4.74 Å². The van der Waals surface area contributed by atoms with Crippen LogP contribution in [-0.2, 0) is 14.3 Å². The second kappa shape index (κ2) is 62.9. The summed E-state index contributed by atoms with van der Waals surface area (Å²) in [6, 6.07) is -0.626. The first-order valence-electron chi connectivity index (χ1n) is 33.1. The number of ether oxygens (including phenoxy) is 1. The molecule has 0 heterocycles. The molecule has 0 aliphatic heterocycles. The number of amides is 1. The van der Waals surface area contributed by atoms with E-state index in [1.54, 1.807) is 6.08 Å². The summed E-state index contributed by atoms with van der Waals surface area (Å²) in [6.07, 6.45) is 78.1. The third kappa shape index (κ3) is 59.4. The molecule has 0 aromatic carbocycles. The lowest BCUT2D eigenvalue weighted by Gasteiger charge is -2.20. The monoisotopic (exact) mass is 1030 g/mol. The number of unbranched alkanes of at least 4 members (excludes halogenated alkanes) is 49. The lowest BCUT2D eigenvalue weighted by molar-refractivity contribution is -0.143. The molecule has 6 heteroatoms. The Balaban J connectivity index is 3.38. The maximum Gasteiger partial charge on any atom is 0.305 e. The fourth-order valence-corrected chi connectivity index (χ4v) is 10.4. The number of allylic oxidation sites excluding steroid dienone is 3. The summed E-state index contributed by atoms with van der Waals surface area (Å²) in [5.74, 6) is -0.0550. The third-order valence-corrected chi connectivity index (χ3v) is 15.5. The van der Waals surface area contributed by atoms with Gasteiger partial charge in [0.05, 0.1) is 25.4 Å². The van der Waals surface area contributed by atoms with E-state index in [1.807, 2.05) is 6.08 Å². The van der Waals surface area contributed by atoms with Gasteiger partial charge in [-0.15, -0.1) is 0 Å². The largest absolute Gasteiger partial charge is 0.466 e. The Hall–Kier alpha value is -1.66. The molecule has 1 amide bonds. The van der Waals surface area contributed by atoms with Crippen LogP contribution in [0.5, 0.6) is 0 Å². The van der Waals surface area contributed by atoms with Crippen molar-refractivity contribution in [2.24, 2.45) is 0 Å². The van der Waals surface area contributed by atoms with Crippen LogP contribution in [0.2, 0.25) is 0 Å². The lowest BCUT2D eigenvalue weighted by atomic mass is 10.0. The molecule has 0 aliphatic carbocycles. The zero-order valence-corrected chi connectivity index (χ0v) is 49.4. The highest BCUT2D eigenvalue weighted by Crippen LogP contribution is 2.18. The zero-order chi connectivity index (χ0) is 52.9. The maximum absolute atomic E-state index is 12.5. The number of esters is 1. The van der Waals surface area contributed by atoms with Crippen molar-refractivity contribution < 1.29 is 24.5 Å². The number of hydrogen-bond donors (Lipinski definition) is 3. The van der Waals surface area contributed by atoms with Crippen LogP contribution in [0.4, 0.5) is 0 Å². The maximum atomic E-state index is 12.5. The van der Waals surface area contributed by atoms with Crippen LogP contribution in [0.15, 0.2) is 24.3 Å². The summed E-state index contributed by atoms with van der Waals surface area (Å²) >= 11 is 0. The Morgan fingerprint density at radius 2 is 0.644 bits per heavy atom. The summed E-state index contributed by atoms with van der Waals surface area (Å²) in [4.78, 5) is 24.5. The molecule has 0 saturated carbocycles. The van der Waals surface area contributed by atoms with Crippen molar-refractivity contribution in [1.82, 2.24) is 5.32 Å². The van der Waals surface area contributed by atoms with Gasteiger partial charge in [0.15, 0.2) is 0 Å². The van der Waals surface area contributed by atoms with Gasteiger partial charge in [0.25, 0.3) is 0 Å². The molecule has 0 spiro atoms. The molecule has 73 heavy (non-hydrogen) atoms. The quantitative estimate of drug-likeness (QED) is 0.0320. The molecule has 0 aliphatic rings. The van der Waals surface area contributed by atoms with Crippen molar-refractivity contribution in [2.75, 3.05) is 13.2 Å². The second-order valence-corrected chi connectivity index (χ2v) is 22.8. The minimum Gasteiger partial charge on any atom is -0.466 e. The average Bonchev–Trinajstić information content (AvgIpc) is 3.39. The Bertz CT molecular complexity index is 1140. The summed E-state index contributed by atoms with van der Waals surface area (Å²) in [5.41, 5.74) is 0. The Morgan fingerprint density at radius 1 is 0.370 bits per heavy atom. The molecule has 0 aromatic rings. The Labute approximate surface area is 456 Å². The molecule has 6 nitrogen and oxygen atoms in total. The summed E-state index contributed by atoms with van der Waals surface area (Å²) in [6.45, 7) is 4.91. The van der Waals surface area contributed by atoms with E-state index in [1.165, 1.54) is 295 Å². The molecule has 0 radical (unpaired) electrons.